The summed E-state index contributed by atoms with van der Waals surface area (Å²) in [5, 5.41) is 0. The minimum atomic E-state index is -0.800. The predicted octanol–water partition coefficient (Wildman–Crippen LogP) is 2.66. The highest BCUT2D eigenvalue weighted by molar-refractivity contribution is 5.89. The minimum Gasteiger partial charge on any atom is -0.496 e. The molecule has 1 heterocycles. The van der Waals surface area contributed by atoms with Crippen LogP contribution in [-0.4, -0.2) is 32.3 Å². The minimum absolute atomic E-state index is 0.0572. The first-order valence-electron chi connectivity index (χ1n) is 7.64. The zero-order valence-electron chi connectivity index (χ0n) is 14.6. The fourth-order valence-corrected chi connectivity index (χ4v) is 2.24. The molecule has 6 heteroatoms. The summed E-state index contributed by atoms with van der Waals surface area (Å²) in [7, 11) is 1.56. The molecule has 24 heavy (non-hydrogen) atoms. The molecule has 2 rings (SSSR count). The summed E-state index contributed by atoms with van der Waals surface area (Å²) < 4.78 is 21.5. The van der Waals surface area contributed by atoms with E-state index in [1.54, 1.807) is 39.2 Å². The molecule has 1 aromatic carbocycles. The van der Waals surface area contributed by atoms with E-state index >= 15 is 0 Å². The van der Waals surface area contributed by atoms with Crippen LogP contribution in [-0.2, 0) is 24.7 Å². The molecule has 0 N–H and O–H groups in total. The fraction of sp³-hybridized carbons (Fsp3) is 0.444. The monoisotopic (exact) mass is 334 g/mol. The van der Waals surface area contributed by atoms with Crippen LogP contribution in [0.4, 0.5) is 0 Å². The van der Waals surface area contributed by atoms with Crippen molar-refractivity contribution in [2.45, 2.75) is 33.3 Å². The molecule has 1 aliphatic rings. The van der Waals surface area contributed by atoms with Crippen molar-refractivity contribution in [1.82, 2.24) is 0 Å². The Hall–Kier alpha value is -2.34. The van der Waals surface area contributed by atoms with Gasteiger partial charge in [-0.15, -0.1) is 0 Å². The molecular formula is C18H22O6. The fourth-order valence-electron chi connectivity index (χ4n) is 2.24. The largest absolute Gasteiger partial charge is 0.496 e. The molecule has 1 fully saturated rings. The van der Waals surface area contributed by atoms with Crippen LogP contribution < -0.4 is 9.47 Å². The maximum absolute atomic E-state index is 12.1. The van der Waals surface area contributed by atoms with Crippen LogP contribution >= 0.6 is 0 Å². The lowest BCUT2D eigenvalue weighted by Crippen LogP contribution is -2.21. The van der Waals surface area contributed by atoms with Gasteiger partial charge in [0.15, 0.2) is 5.60 Å². The third kappa shape index (κ3) is 3.76. The first-order chi connectivity index (χ1) is 11.3. The van der Waals surface area contributed by atoms with E-state index in [2.05, 4.69) is 0 Å². The van der Waals surface area contributed by atoms with Gasteiger partial charge in [-0.3, -0.25) is 4.79 Å². The molecule has 1 unspecified atom stereocenters. The van der Waals surface area contributed by atoms with E-state index in [9.17, 15) is 9.59 Å². The van der Waals surface area contributed by atoms with Gasteiger partial charge in [-0.1, -0.05) is 6.08 Å². The average molecular weight is 334 g/mol. The summed E-state index contributed by atoms with van der Waals surface area (Å²) in [4.78, 5) is 23.2. The topological polar surface area (TPSA) is 74.4 Å². The van der Waals surface area contributed by atoms with Crippen molar-refractivity contribution in [3.05, 3.63) is 34.9 Å². The Morgan fingerprint density at radius 2 is 1.96 bits per heavy atom. The van der Waals surface area contributed by atoms with Crippen molar-refractivity contribution in [1.29, 1.82) is 0 Å². The summed E-state index contributed by atoms with van der Waals surface area (Å²) in [5.74, 6) is 0.188. The van der Waals surface area contributed by atoms with Gasteiger partial charge in [0.25, 0.3) is 0 Å². The molecule has 0 amide bonds. The van der Waals surface area contributed by atoms with Crippen LogP contribution in [0, 0.1) is 6.92 Å². The number of allylic oxidation sites excluding steroid dienone is 1. The normalized spacial score (nSPS) is 19.6. The molecule has 0 aliphatic carbocycles. The molecule has 0 aromatic heterocycles. The van der Waals surface area contributed by atoms with Crippen LogP contribution in [0.5, 0.6) is 11.5 Å². The van der Waals surface area contributed by atoms with Gasteiger partial charge in [0.2, 0.25) is 0 Å². The van der Waals surface area contributed by atoms with Crippen LogP contribution in [0.15, 0.2) is 23.8 Å². The van der Waals surface area contributed by atoms with Crippen molar-refractivity contribution in [3.8, 4) is 11.5 Å². The number of rotatable bonds is 6. The average Bonchev–Trinajstić information content (AvgIpc) is 3.33. The Kier molecular flexibility index (Phi) is 5.29. The van der Waals surface area contributed by atoms with Gasteiger partial charge in [0.05, 0.1) is 13.7 Å². The van der Waals surface area contributed by atoms with Crippen LogP contribution in [0.25, 0.3) is 0 Å². The highest BCUT2D eigenvalue weighted by Crippen LogP contribution is 2.46. The summed E-state index contributed by atoms with van der Waals surface area (Å²) in [5.41, 5.74) is 1.15. The van der Waals surface area contributed by atoms with Crippen molar-refractivity contribution in [3.63, 3.8) is 0 Å². The number of carbonyl (C=O) groups excluding carboxylic acids is 2. The molecular weight excluding hydrogens is 312 g/mol. The number of aryl methyl sites for hydroxylation is 1. The third-order valence-corrected chi connectivity index (χ3v) is 3.95. The Morgan fingerprint density at radius 3 is 2.46 bits per heavy atom. The smallest absolute Gasteiger partial charge is 0.338 e. The Bertz CT molecular complexity index is 685. The maximum Gasteiger partial charge on any atom is 0.338 e. The third-order valence-electron chi connectivity index (χ3n) is 3.95. The number of esters is 2. The molecule has 0 saturated carbocycles. The number of carbonyl (C=O) groups is 2. The lowest BCUT2D eigenvalue weighted by Gasteiger charge is -2.19. The lowest BCUT2D eigenvalue weighted by atomic mass is 9.97. The molecule has 1 atom stereocenters. The van der Waals surface area contributed by atoms with E-state index in [-0.39, 0.29) is 6.61 Å². The standard InChI is InChI=1S/C18H22O6/c1-6-11(2)17(20)24-16-7-12(3)15(21-5)8-14(16)18(10-23-18)9-22-13(4)19/h6-8H,9-10H2,1-5H3. The first-order valence-corrected chi connectivity index (χ1v) is 7.64. The summed E-state index contributed by atoms with van der Waals surface area (Å²) in [6, 6.07) is 3.49. The Morgan fingerprint density at radius 1 is 1.29 bits per heavy atom. The summed E-state index contributed by atoms with van der Waals surface area (Å²) in [6.45, 7) is 7.07. The highest BCUT2D eigenvalue weighted by Gasteiger charge is 2.50. The van der Waals surface area contributed by atoms with E-state index in [4.69, 9.17) is 18.9 Å². The molecule has 130 valence electrons. The molecule has 1 aliphatic heterocycles. The molecule has 1 aromatic rings. The van der Waals surface area contributed by atoms with E-state index < -0.39 is 17.5 Å². The van der Waals surface area contributed by atoms with E-state index in [1.165, 1.54) is 6.92 Å². The molecule has 0 spiro atoms. The van der Waals surface area contributed by atoms with Gasteiger partial charge in [-0.25, -0.2) is 4.79 Å². The number of methoxy groups -OCH3 is 1. The van der Waals surface area contributed by atoms with Gasteiger partial charge < -0.3 is 18.9 Å². The zero-order valence-corrected chi connectivity index (χ0v) is 14.6. The van der Waals surface area contributed by atoms with Gasteiger partial charge in [-0.2, -0.15) is 0 Å². The molecule has 1 saturated heterocycles. The van der Waals surface area contributed by atoms with E-state index in [0.717, 1.165) is 5.56 Å². The second-order valence-corrected chi connectivity index (χ2v) is 5.74. The zero-order chi connectivity index (χ0) is 17.9. The lowest BCUT2D eigenvalue weighted by molar-refractivity contribution is -0.143. The van der Waals surface area contributed by atoms with Crippen LogP contribution in [0.2, 0.25) is 0 Å². The maximum atomic E-state index is 12.1. The quantitative estimate of drug-likeness (QED) is 0.345. The highest BCUT2D eigenvalue weighted by atomic mass is 16.6. The second kappa shape index (κ2) is 7.05. The van der Waals surface area contributed by atoms with E-state index in [1.807, 2.05) is 6.92 Å². The Labute approximate surface area is 141 Å². The number of hydrogen-bond donors (Lipinski definition) is 0. The van der Waals surface area contributed by atoms with Crippen LogP contribution in [0.1, 0.15) is 31.9 Å². The summed E-state index contributed by atoms with van der Waals surface area (Å²) in [6.07, 6.45) is 1.68. The van der Waals surface area contributed by atoms with Gasteiger partial charge in [0.1, 0.15) is 18.1 Å². The van der Waals surface area contributed by atoms with Gasteiger partial charge >= 0.3 is 11.9 Å². The number of epoxide rings is 1. The van der Waals surface area contributed by atoms with Crippen molar-refractivity contribution in [2.75, 3.05) is 20.3 Å². The number of ether oxygens (including phenoxy) is 4. The number of benzene rings is 1. The molecule has 0 radical (unpaired) electrons. The molecule has 0 bridgehead atoms. The van der Waals surface area contributed by atoms with Gasteiger partial charge in [-0.05, 0) is 38.5 Å². The number of hydrogen-bond acceptors (Lipinski definition) is 6. The SMILES string of the molecule is CC=C(C)C(=O)Oc1cc(C)c(OC)cc1C1(COC(C)=O)CO1. The predicted molar refractivity (Wildman–Crippen MR) is 87.1 cm³/mol. The summed E-state index contributed by atoms with van der Waals surface area (Å²) >= 11 is 0. The second-order valence-electron chi connectivity index (χ2n) is 5.74. The van der Waals surface area contributed by atoms with Gasteiger partial charge in [0, 0.05) is 18.1 Å². The molecule has 6 nitrogen and oxygen atoms in total. The first kappa shape index (κ1) is 18.0. The Balaban J connectivity index is 2.40. The van der Waals surface area contributed by atoms with Crippen molar-refractivity contribution >= 4 is 11.9 Å². The van der Waals surface area contributed by atoms with Crippen LogP contribution in [0.3, 0.4) is 0 Å². The van der Waals surface area contributed by atoms with E-state index in [0.29, 0.717) is 29.2 Å². The van der Waals surface area contributed by atoms with Crippen molar-refractivity contribution in [2.24, 2.45) is 0 Å². The van der Waals surface area contributed by atoms with Crippen molar-refractivity contribution < 1.29 is 28.5 Å².